The highest BCUT2D eigenvalue weighted by Crippen LogP contribution is 2.46. The average Bonchev–Trinajstić information content (AvgIpc) is 3.57. The molecule has 2 N–H and O–H groups in total. The molecule has 3 fully saturated rings. The van der Waals surface area contributed by atoms with E-state index in [0.717, 1.165) is 44.4 Å². The molecule has 12 heteroatoms. The first-order valence-electron chi connectivity index (χ1n) is 15.7. The third-order valence-electron chi connectivity index (χ3n) is 8.31. The van der Waals surface area contributed by atoms with Gasteiger partial charge in [0.1, 0.15) is 5.75 Å². The van der Waals surface area contributed by atoms with Gasteiger partial charge in [-0.15, -0.1) is 0 Å². The van der Waals surface area contributed by atoms with Crippen LogP contribution in [0.3, 0.4) is 0 Å². The van der Waals surface area contributed by atoms with Gasteiger partial charge < -0.3 is 29.5 Å². The van der Waals surface area contributed by atoms with E-state index in [1.54, 1.807) is 4.90 Å². The molecule has 1 aromatic rings. The largest absolute Gasteiger partial charge is 0.478 e. The number of aliphatic carboxylic acids is 1. The maximum absolute atomic E-state index is 13.4. The number of hydrogen-bond donors (Lipinski definition) is 2. The summed E-state index contributed by atoms with van der Waals surface area (Å²) >= 11 is 0. The van der Waals surface area contributed by atoms with Crippen LogP contribution < -0.4 is 10.1 Å². The fraction of sp³-hybridized carbons (Fsp3) is 0.727. The molecule has 2 heterocycles. The van der Waals surface area contributed by atoms with Crippen LogP contribution in [-0.4, -0.2) is 79.0 Å². The summed E-state index contributed by atoms with van der Waals surface area (Å²) in [5.41, 5.74) is -1.99. The van der Waals surface area contributed by atoms with E-state index in [-0.39, 0.29) is 23.5 Å². The van der Waals surface area contributed by atoms with Gasteiger partial charge in [0.25, 0.3) is 0 Å². The second-order valence-corrected chi connectivity index (χ2v) is 13.6. The fourth-order valence-electron chi connectivity index (χ4n) is 5.36. The topological polar surface area (TPSA) is 114 Å². The molecular weight excluding hydrogens is 593 g/mol. The Morgan fingerprint density at radius 1 is 1.13 bits per heavy atom. The van der Waals surface area contributed by atoms with Gasteiger partial charge in [-0.1, -0.05) is 26.8 Å². The van der Waals surface area contributed by atoms with Crippen molar-refractivity contribution in [2.45, 2.75) is 117 Å². The Morgan fingerprint density at radius 3 is 2.20 bits per heavy atom. The quantitative estimate of drug-likeness (QED) is 0.282. The van der Waals surface area contributed by atoms with E-state index >= 15 is 0 Å². The number of alkyl halides is 3. The van der Waals surface area contributed by atoms with Crippen molar-refractivity contribution in [2.24, 2.45) is 11.3 Å². The first-order valence-corrected chi connectivity index (χ1v) is 15.7. The third kappa shape index (κ3) is 11.8. The van der Waals surface area contributed by atoms with Gasteiger partial charge in [-0.2, -0.15) is 13.2 Å². The van der Waals surface area contributed by atoms with Crippen LogP contribution in [0.25, 0.3) is 0 Å². The number of likely N-dealkylation sites (tertiary alicyclic amines) is 1. The van der Waals surface area contributed by atoms with E-state index in [4.69, 9.17) is 19.3 Å². The van der Waals surface area contributed by atoms with Gasteiger partial charge in [-0.05, 0) is 89.3 Å². The van der Waals surface area contributed by atoms with Crippen LogP contribution in [0.2, 0.25) is 0 Å². The van der Waals surface area contributed by atoms with Crippen LogP contribution >= 0.6 is 0 Å². The number of benzene rings is 1. The molecule has 2 amide bonds. The van der Waals surface area contributed by atoms with Gasteiger partial charge in [0.15, 0.2) is 5.60 Å². The summed E-state index contributed by atoms with van der Waals surface area (Å²) < 4.78 is 56.8. The molecule has 256 valence electrons. The summed E-state index contributed by atoms with van der Waals surface area (Å²) in [6.07, 6.45) is 2.05. The van der Waals surface area contributed by atoms with Crippen molar-refractivity contribution >= 4 is 18.8 Å². The standard InChI is InChI=1S/C17H20F3NO4.C12H21NO3.C4H10/c1-16(2,15(23)24)25-14-4-3-12(9-13(14)17(18,19)20)11-5-7-21(10-22)8-6-11;1-9(13-8-14)10(2)15-6-12-4-3-11(5-12)16-7-12;1-4(2)3/h3-4,9-11H,5-8H2,1-2H3,(H,23,24);8-11H,3-7H2,1-2H3,(H,13,14);4H,1-3H3. The number of ether oxygens (including phenoxy) is 3. The van der Waals surface area contributed by atoms with Crippen LogP contribution in [0.1, 0.15) is 97.6 Å². The van der Waals surface area contributed by atoms with Crippen LogP contribution in [0, 0.1) is 11.3 Å². The maximum Gasteiger partial charge on any atom is 0.419 e. The van der Waals surface area contributed by atoms with E-state index in [0.29, 0.717) is 37.6 Å². The van der Waals surface area contributed by atoms with Crippen LogP contribution in [0.15, 0.2) is 18.2 Å². The van der Waals surface area contributed by atoms with E-state index in [1.165, 1.54) is 38.8 Å². The Bertz CT molecular complexity index is 1090. The minimum atomic E-state index is -4.66. The first-order chi connectivity index (χ1) is 20.9. The molecule has 1 aliphatic carbocycles. The zero-order valence-electron chi connectivity index (χ0n) is 27.6. The number of carbonyl (C=O) groups is 3. The zero-order chi connectivity index (χ0) is 34.0. The minimum absolute atomic E-state index is 0.0548. The molecule has 9 nitrogen and oxygen atoms in total. The summed E-state index contributed by atoms with van der Waals surface area (Å²) in [4.78, 5) is 33.8. The molecule has 0 radical (unpaired) electrons. The van der Waals surface area contributed by atoms with Gasteiger partial charge in [0, 0.05) is 18.5 Å². The lowest BCUT2D eigenvalue weighted by Crippen LogP contribution is -2.39. The second-order valence-electron chi connectivity index (χ2n) is 13.6. The molecule has 2 bridgehead atoms. The number of carboxylic acid groups (broad SMARTS) is 1. The van der Waals surface area contributed by atoms with Crippen molar-refractivity contribution in [3.63, 3.8) is 0 Å². The second kappa shape index (κ2) is 16.6. The van der Waals surface area contributed by atoms with Gasteiger partial charge >= 0.3 is 12.1 Å². The van der Waals surface area contributed by atoms with Gasteiger partial charge in [0.05, 0.1) is 37.0 Å². The van der Waals surface area contributed by atoms with Crippen molar-refractivity contribution in [3.8, 4) is 5.75 Å². The number of nitrogens with zero attached hydrogens (tertiary/aromatic N) is 1. The molecular formula is C33H51F3N2O7. The normalized spacial score (nSPS) is 22.8. The van der Waals surface area contributed by atoms with Crippen LogP contribution in [0.5, 0.6) is 5.75 Å². The molecule has 45 heavy (non-hydrogen) atoms. The van der Waals surface area contributed by atoms with Crippen molar-refractivity contribution in [2.75, 3.05) is 26.3 Å². The molecule has 1 saturated carbocycles. The van der Waals surface area contributed by atoms with E-state index < -0.39 is 29.1 Å². The van der Waals surface area contributed by atoms with Crippen LogP contribution in [-0.2, 0) is 30.0 Å². The maximum atomic E-state index is 13.4. The Balaban J connectivity index is 0.000000300. The lowest BCUT2D eigenvalue weighted by atomic mass is 9.88. The molecule has 2 aliphatic heterocycles. The predicted molar refractivity (Wildman–Crippen MR) is 164 cm³/mol. The lowest BCUT2D eigenvalue weighted by molar-refractivity contribution is -0.155. The average molecular weight is 645 g/mol. The number of amides is 2. The van der Waals surface area contributed by atoms with Gasteiger partial charge in [-0.25, -0.2) is 4.79 Å². The van der Waals surface area contributed by atoms with Crippen LogP contribution in [0.4, 0.5) is 13.2 Å². The summed E-state index contributed by atoms with van der Waals surface area (Å²) in [6.45, 7) is 15.4. The Kier molecular flexibility index (Phi) is 14.2. The monoisotopic (exact) mass is 644 g/mol. The van der Waals surface area contributed by atoms with E-state index in [9.17, 15) is 27.6 Å². The highest BCUT2D eigenvalue weighted by Gasteiger charge is 2.46. The summed E-state index contributed by atoms with van der Waals surface area (Å²) in [5, 5.41) is 11.8. The Morgan fingerprint density at radius 2 is 1.76 bits per heavy atom. The van der Waals surface area contributed by atoms with Gasteiger partial charge in [-0.3, -0.25) is 9.59 Å². The first kappa shape index (κ1) is 38.3. The van der Waals surface area contributed by atoms with Crippen molar-refractivity contribution in [1.82, 2.24) is 10.2 Å². The molecule has 4 atom stereocenters. The lowest BCUT2D eigenvalue weighted by Gasteiger charge is -2.30. The van der Waals surface area contributed by atoms with Crippen molar-refractivity contribution < 1.29 is 46.9 Å². The molecule has 2 saturated heterocycles. The number of piperidine rings is 1. The summed E-state index contributed by atoms with van der Waals surface area (Å²) in [5.74, 6) is -1.11. The predicted octanol–water partition coefficient (Wildman–Crippen LogP) is 6.04. The molecule has 3 aliphatic rings. The summed E-state index contributed by atoms with van der Waals surface area (Å²) in [6, 6.07) is 3.79. The molecule has 0 aromatic heterocycles. The van der Waals surface area contributed by atoms with E-state index in [1.807, 2.05) is 13.8 Å². The van der Waals surface area contributed by atoms with Crippen molar-refractivity contribution in [1.29, 1.82) is 0 Å². The number of fused-ring (bicyclic) bond motifs is 2. The zero-order valence-corrected chi connectivity index (χ0v) is 27.6. The Hall–Kier alpha value is -2.86. The number of carbonyl (C=O) groups excluding carboxylic acids is 2. The molecule has 4 unspecified atom stereocenters. The molecule has 0 spiro atoms. The fourth-order valence-corrected chi connectivity index (χ4v) is 5.36. The molecule has 1 aromatic carbocycles. The van der Waals surface area contributed by atoms with Crippen molar-refractivity contribution in [3.05, 3.63) is 29.3 Å². The highest BCUT2D eigenvalue weighted by molar-refractivity contribution is 5.76. The number of rotatable bonds is 11. The Labute approximate surface area is 265 Å². The van der Waals surface area contributed by atoms with Gasteiger partial charge in [0.2, 0.25) is 12.8 Å². The number of carboxylic acids is 1. The SMILES string of the molecule is CC(C)(Oc1ccc(C2CCN(C=O)CC2)cc1C(F)(F)F)C(=O)O.CC(C)C.CC(NC=O)C(C)OCC12CCC(C1)OC2. The highest BCUT2D eigenvalue weighted by atomic mass is 19.4. The minimum Gasteiger partial charge on any atom is -0.478 e. The third-order valence-corrected chi connectivity index (χ3v) is 8.31. The number of hydrogen-bond acceptors (Lipinski definition) is 6. The number of nitrogens with one attached hydrogen (secondary N) is 1. The van der Waals surface area contributed by atoms with E-state index in [2.05, 4.69) is 26.1 Å². The smallest absolute Gasteiger partial charge is 0.419 e. The molecule has 4 rings (SSSR count). The summed E-state index contributed by atoms with van der Waals surface area (Å²) in [7, 11) is 0. The number of halogens is 3.